The second-order valence-corrected chi connectivity index (χ2v) is 7.78. The number of nitrogens with zero attached hydrogens (tertiary/aromatic N) is 2. The van der Waals surface area contributed by atoms with Crippen molar-refractivity contribution >= 4 is 29.2 Å². The Morgan fingerprint density at radius 1 is 1.21 bits per heavy atom. The number of amides is 4. The van der Waals surface area contributed by atoms with Gasteiger partial charge in [-0.05, 0) is 42.5 Å². The summed E-state index contributed by atoms with van der Waals surface area (Å²) in [6.45, 7) is 2.91. The Morgan fingerprint density at radius 2 is 1.97 bits per heavy atom. The molecule has 1 aromatic carbocycles. The molecular formula is C21H25N3O4S. The average Bonchev–Trinajstić information content (AvgIpc) is 3.31. The number of nitrogens with one attached hydrogen (secondary N) is 1. The molecule has 7 nitrogen and oxygen atoms in total. The smallest absolute Gasteiger partial charge is 0.327 e. The summed E-state index contributed by atoms with van der Waals surface area (Å²) < 4.78 is 5.17. The highest BCUT2D eigenvalue weighted by Crippen LogP contribution is 2.24. The number of methoxy groups -OCH3 is 1. The van der Waals surface area contributed by atoms with Crippen molar-refractivity contribution in [3.8, 4) is 5.75 Å². The highest BCUT2D eigenvalue weighted by atomic mass is 32.1. The topological polar surface area (TPSA) is 79.0 Å². The van der Waals surface area contributed by atoms with Gasteiger partial charge < -0.3 is 15.0 Å². The predicted octanol–water partition coefficient (Wildman–Crippen LogP) is 2.66. The zero-order valence-corrected chi connectivity index (χ0v) is 17.4. The van der Waals surface area contributed by atoms with Crippen LogP contribution < -0.4 is 10.1 Å². The maximum atomic E-state index is 13.0. The number of benzene rings is 1. The molecule has 8 heteroatoms. The summed E-state index contributed by atoms with van der Waals surface area (Å²) in [4.78, 5) is 41.8. The van der Waals surface area contributed by atoms with Crippen LogP contribution in [0, 0.1) is 0 Å². The van der Waals surface area contributed by atoms with Crippen LogP contribution in [0.1, 0.15) is 23.8 Å². The molecule has 1 saturated heterocycles. The minimum absolute atomic E-state index is 0.0258. The van der Waals surface area contributed by atoms with E-state index in [9.17, 15) is 14.4 Å². The van der Waals surface area contributed by atoms with Gasteiger partial charge in [0.1, 0.15) is 11.8 Å². The van der Waals surface area contributed by atoms with Crippen LogP contribution in [0.15, 0.2) is 41.8 Å². The Hall–Kier alpha value is -2.87. The molecule has 0 radical (unpaired) electrons. The number of ether oxygens (including phenoxy) is 1. The first kappa shape index (κ1) is 20.9. The molecule has 4 amide bonds. The lowest BCUT2D eigenvalue weighted by Gasteiger charge is -2.21. The van der Waals surface area contributed by atoms with Gasteiger partial charge in [-0.3, -0.25) is 14.5 Å². The predicted molar refractivity (Wildman–Crippen MR) is 111 cm³/mol. The van der Waals surface area contributed by atoms with E-state index in [1.165, 1.54) is 21.1 Å². The van der Waals surface area contributed by atoms with Gasteiger partial charge in [0.2, 0.25) is 5.91 Å². The number of rotatable bonds is 9. The second kappa shape index (κ2) is 9.56. The third-order valence-corrected chi connectivity index (χ3v) is 5.71. The summed E-state index contributed by atoms with van der Waals surface area (Å²) in [6, 6.07) is 10.3. The SMILES string of the molecule is CCNC(=O)C[C@H]1C(=O)N(Cc2cccs2)C(=O)N1CCc1ccc(OC)cc1. The van der Waals surface area contributed by atoms with Gasteiger partial charge in [-0.15, -0.1) is 11.3 Å². The lowest BCUT2D eigenvalue weighted by atomic mass is 10.1. The minimum Gasteiger partial charge on any atom is -0.497 e. The summed E-state index contributed by atoms with van der Waals surface area (Å²) in [5, 5.41) is 4.63. The van der Waals surface area contributed by atoms with Gasteiger partial charge in [-0.25, -0.2) is 4.79 Å². The molecule has 0 bridgehead atoms. The standard InChI is InChI=1S/C21H25N3O4S/c1-3-22-19(25)13-18-20(26)24(14-17-5-4-12-29-17)21(27)23(18)11-10-15-6-8-16(28-2)9-7-15/h4-9,12,18H,3,10-11,13-14H2,1-2H3,(H,22,25)/t18-/m0/s1. The van der Waals surface area contributed by atoms with Gasteiger partial charge in [-0.2, -0.15) is 0 Å². The maximum Gasteiger partial charge on any atom is 0.327 e. The van der Waals surface area contributed by atoms with Crippen molar-refractivity contribution in [3.63, 3.8) is 0 Å². The first-order valence-corrected chi connectivity index (χ1v) is 10.5. The first-order valence-electron chi connectivity index (χ1n) is 9.57. The van der Waals surface area contributed by atoms with Crippen LogP contribution in [0.25, 0.3) is 0 Å². The molecule has 0 unspecified atom stereocenters. The van der Waals surface area contributed by atoms with Gasteiger partial charge >= 0.3 is 6.03 Å². The number of carbonyl (C=O) groups excluding carboxylic acids is 3. The Morgan fingerprint density at radius 3 is 2.59 bits per heavy atom. The van der Waals surface area contributed by atoms with E-state index in [1.54, 1.807) is 7.11 Å². The largest absolute Gasteiger partial charge is 0.497 e. The fraction of sp³-hybridized carbons (Fsp3) is 0.381. The van der Waals surface area contributed by atoms with E-state index in [-0.39, 0.29) is 30.8 Å². The number of hydrogen-bond donors (Lipinski definition) is 1. The maximum absolute atomic E-state index is 13.0. The zero-order valence-electron chi connectivity index (χ0n) is 16.6. The third-order valence-electron chi connectivity index (χ3n) is 4.85. The highest BCUT2D eigenvalue weighted by Gasteiger charge is 2.45. The average molecular weight is 416 g/mol. The molecule has 1 aromatic heterocycles. The van der Waals surface area contributed by atoms with Crippen molar-refractivity contribution in [2.75, 3.05) is 20.2 Å². The fourth-order valence-corrected chi connectivity index (χ4v) is 4.03. The van der Waals surface area contributed by atoms with E-state index in [1.807, 2.05) is 48.7 Å². The van der Waals surface area contributed by atoms with Crippen LogP contribution >= 0.6 is 11.3 Å². The summed E-state index contributed by atoms with van der Waals surface area (Å²) in [7, 11) is 1.61. The summed E-state index contributed by atoms with van der Waals surface area (Å²) in [5.41, 5.74) is 1.03. The van der Waals surface area contributed by atoms with E-state index in [0.717, 1.165) is 16.2 Å². The van der Waals surface area contributed by atoms with Crippen molar-refractivity contribution < 1.29 is 19.1 Å². The normalized spacial score (nSPS) is 16.4. The molecule has 1 atom stereocenters. The molecule has 1 aliphatic rings. The molecule has 1 fully saturated rings. The zero-order chi connectivity index (χ0) is 20.8. The van der Waals surface area contributed by atoms with Gasteiger partial charge in [0.25, 0.3) is 5.91 Å². The first-order chi connectivity index (χ1) is 14.0. The molecular weight excluding hydrogens is 390 g/mol. The number of urea groups is 1. The number of carbonyl (C=O) groups is 3. The van der Waals surface area contributed by atoms with E-state index in [0.29, 0.717) is 19.5 Å². The molecule has 1 aliphatic heterocycles. The van der Waals surface area contributed by atoms with E-state index in [4.69, 9.17) is 4.74 Å². The monoisotopic (exact) mass is 415 g/mol. The molecule has 3 rings (SSSR count). The third kappa shape index (κ3) is 4.95. The van der Waals surface area contributed by atoms with Crippen LogP contribution in [0.3, 0.4) is 0 Å². The molecule has 154 valence electrons. The van der Waals surface area contributed by atoms with Gasteiger partial charge in [0.05, 0.1) is 20.1 Å². The van der Waals surface area contributed by atoms with E-state index < -0.39 is 6.04 Å². The van der Waals surface area contributed by atoms with E-state index >= 15 is 0 Å². The van der Waals surface area contributed by atoms with E-state index in [2.05, 4.69) is 5.32 Å². The summed E-state index contributed by atoms with van der Waals surface area (Å²) >= 11 is 1.50. The summed E-state index contributed by atoms with van der Waals surface area (Å²) in [5.74, 6) is 0.216. The molecule has 2 aromatic rings. The Kier molecular flexibility index (Phi) is 6.87. The van der Waals surface area contributed by atoms with Crippen LogP contribution in [0.2, 0.25) is 0 Å². The van der Waals surface area contributed by atoms with Crippen LogP contribution in [-0.2, 0) is 22.6 Å². The van der Waals surface area contributed by atoms with Crippen LogP contribution in [0.5, 0.6) is 5.75 Å². The molecule has 1 N–H and O–H groups in total. The van der Waals surface area contributed by atoms with Gasteiger partial charge in [-0.1, -0.05) is 18.2 Å². The highest BCUT2D eigenvalue weighted by molar-refractivity contribution is 7.09. The lowest BCUT2D eigenvalue weighted by molar-refractivity contribution is -0.132. The quantitative estimate of drug-likeness (QED) is 0.639. The van der Waals surface area contributed by atoms with Crippen molar-refractivity contribution in [1.82, 2.24) is 15.1 Å². The van der Waals surface area contributed by atoms with Crippen LogP contribution in [0.4, 0.5) is 4.79 Å². The fourth-order valence-electron chi connectivity index (χ4n) is 3.34. The summed E-state index contributed by atoms with van der Waals surface area (Å²) in [6.07, 6.45) is 0.559. The van der Waals surface area contributed by atoms with Crippen molar-refractivity contribution in [3.05, 3.63) is 52.2 Å². The Labute approximate surface area is 174 Å². The molecule has 29 heavy (non-hydrogen) atoms. The lowest BCUT2D eigenvalue weighted by Crippen LogP contribution is -2.40. The number of imide groups is 1. The number of thiophene rings is 1. The number of hydrogen-bond acceptors (Lipinski definition) is 5. The van der Waals surface area contributed by atoms with Gasteiger partial charge in [0.15, 0.2) is 0 Å². The van der Waals surface area contributed by atoms with Crippen LogP contribution in [-0.4, -0.2) is 53.9 Å². The van der Waals surface area contributed by atoms with Crippen molar-refractivity contribution in [1.29, 1.82) is 0 Å². The van der Waals surface area contributed by atoms with Gasteiger partial charge in [0, 0.05) is 18.0 Å². The van der Waals surface area contributed by atoms with Crippen molar-refractivity contribution in [2.24, 2.45) is 0 Å². The molecule has 2 heterocycles. The van der Waals surface area contributed by atoms with Crippen molar-refractivity contribution in [2.45, 2.75) is 32.4 Å². The minimum atomic E-state index is -0.771. The molecule has 0 spiro atoms. The Bertz CT molecular complexity index is 851. The molecule has 0 saturated carbocycles. The Balaban J connectivity index is 1.74. The molecule has 0 aliphatic carbocycles. The second-order valence-electron chi connectivity index (χ2n) is 6.75.